The van der Waals surface area contributed by atoms with Gasteiger partial charge in [-0.25, -0.2) is 4.79 Å². The van der Waals surface area contributed by atoms with Gasteiger partial charge in [-0.15, -0.1) is 0 Å². The Morgan fingerprint density at radius 1 is 0.966 bits per heavy atom. The summed E-state index contributed by atoms with van der Waals surface area (Å²) in [7, 11) is 0. The molecule has 2 aliphatic rings. The number of hydrogen-bond acceptors (Lipinski definition) is 12. The van der Waals surface area contributed by atoms with Crippen LogP contribution in [0.25, 0.3) is 0 Å². The molecule has 0 aliphatic carbocycles. The Morgan fingerprint density at radius 2 is 1.62 bits per heavy atom. The van der Waals surface area contributed by atoms with Gasteiger partial charge in [0.2, 0.25) is 0 Å². The van der Waals surface area contributed by atoms with E-state index in [4.69, 9.17) is 18.9 Å². The SMILES string of the molecule is C=CCOC(=O)N[C@H]1[C@H](O)[C@H](O[C@H]2O[C@@H](CO)[C@H](O)[C@@H](O)[C@H]2O)[C@H](CO)O[C@H]1O. The van der Waals surface area contributed by atoms with Crippen LogP contribution in [-0.4, -0.2) is 123 Å². The molecule has 0 unspecified atom stereocenters. The maximum atomic E-state index is 11.7. The molecule has 13 heteroatoms. The molecule has 0 spiro atoms. The molecule has 2 heterocycles. The number of amides is 1. The van der Waals surface area contributed by atoms with Crippen molar-refractivity contribution in [3.8, 4) is 0 Å². The number of carbonyl (C=O) groups is 1. The van der Waals surface area contributed by atoms with E-state index in [0.717, 1.165) is 0 Å². The maximum Gasteiger partial charge on any atom is 0.407 e. The molecule has 8 N–H and O–H groups in total. The molecule has 2 saturated heterocycles. The molecule has 0 saturated carbocycles. The normalized spacial score (nSPS) is 42.9. The van der Waals surface area contributed by atoms with Gasteiger partial charge in [-0.1, -0.05) is 12.7 Å². The highest BCUT2D eigenvalue weighted by Gasteiger charge is 2.50. The molecule has 2 rings (SSSR count). The van der Waals surface area contributed by atoms with Crippen LogP contribution in [0.1, 0.15) is 0 Å². The smallest absolute Gasteiger partial charge is 0.407 e. The zero-order chi connectivity index (χ0) is 21.7. The molecule has 1 amide bonds. The van der Waals surface area contributed by atoms with Crippen LogP contribution in [0.3, 0.4) is 0 Å². The molecule has 0 aromatic rings. The summed E-state index contributed by atoms with van der Waals surface area (Å²) < 4.78 is 20.5. The molecule has 2 aliphatic heterocycles. The number of aliphatic hydroxyl groups is 7. The first-order valence-corrected chi connectivity index (χ1v) is 8.87. The molecule has 0 radical (unpaired) electrons. The van der Waals surface area contributed by atoms with E-state index in [-0.39, 0.29) is 6.61 Å². The van der Waals surface area contributed by atoms with Gasteiger partial charge in [0, 0.05) is 0 Å². The van der Waals surface area contributed by atoms with E-state index in [9.17, 15) is 40.5 Å². The summed E-state index contributed by atoms with van der Waals surface area (Å²) in [5.74, 6) is 0. The summed E-state index contributed by atoms with van der Waals surface area (Å²) >= 11 is 0. The minimum Gasteiger partial charge on any atom is -0.445 e. The predicted octanol–water partition coefficient (Wildman–Crippen LogP) is -4.48. The van der Waals surface area contributed by atoms with E-state index in [1.807, 2.05) is 0 Å². The topological polar surface area (TPSA) is 208 Å². The van der Waals surface area contributed by atoms with Crippen LogP contribution in [0.5, 0.6) is 0 Å². The lowest BCUT2D eigenvalue weighted by atomic mass is 9.95. The second-order valence-corrected chi connectivity index (χ2v) is 6.59. The van der Waals surface area contributed by atoms with Crippen molar-refractivity contribution < 1.29 is 59.5 Å². The fraction of sp³-hybridized carbons (Fsp3) is 0.812. The Labute approximate surface area is 165 Å². The molecule has 2 fully saturated rings. The number of nitrogens with one attached hydrogen (secondary N) is 1. The van der Waals surface area contributed by atoms with E-state index in [1.54, 1.807) is 0 Å². The highest BCUT2D eigenvalue weighted by molar-refractivity contribution is 5.67. The molecule has 168 valence electrons. The van der Waals surface area contributed by atoms with Gasteiger partial charge in [-0.05, 0) is 0 Å². The van der Waals surface area contributed by atoms with Gasteiger partial charge in [0.05, 0.1) is 13.2 Å². The zero-order valence-corrected chi connectivity index (χ0v) is 15.4. The number of hydrogen-bond donors (Lipinski definition) is 8. The highest BCUT2D eigenvalue weighted by Crippen LogP contribution is 2.28. The molecular weight excluding hydrogens is 398 g/mol. The van der Waals surface area contributed by atoms with E-state index in [0.29, 0.717) is 0 Å². The van der Waals surface area contributed by atoms with Crippen molar-refractivity contribution in [3.05, 3.63) is 12.7 Å². The lowest BCUT2D eigenvalue weighted by Crippen LogP contribution is -2.67. The van der Waals surface area contributed by atoms with Crippen LogP contribution in [0, 0.1) is 0 Å². The van der Waals surface area contributed by atoms with Gasteiger partial charge in [0.15, 0.2) is 12.6 Å². The highest BCUT2D eigenvalue weighted by atomic mass is 16.7. The lowest BCUT2D eigenvalue weighted by molar-refractivity contribution is -0.345. The quantitative estimate of drug-likeness (QED) is 0.182. The standard InChI is InChI=1S/C16H27NO12/c1-2-3-26-16(25)17-8-10(21)13(7(5-19)27-14(8)24)29-15-12(23)11(22)9(20)6(4-18)28-15/h2,6-15,18-24H,1,3-5H2,(H,17,25)/t6-,7-,8-,9-,10-,11+,12+,13+,14+,15+/m0/s1. The number of aliphatic hydroxyl groups excluding tert-OH is 7. The van der Waals surface area contributed by atoms with Crippen LogP contribution in [0.2, 0.25) is 0 Å². The fourth-order valence-corrected chi connectivity index (χ4v) is 3.05. The van der Waals surface area contributed by atoms with Crippen LogP contribution in [0.4, 0.5) is 4.79 Å². The summed E-state index contributed by atoms with van der Waals surface area (Å²) in [4.78, 5) is 11.7. The van der Waals surface area contributed by atoms with Gasteiger partial charge in [0.1, 0.15) is 55.4 Å². The Hall–Kier alpha value is -1.39. The first kappa shape index (κ1) is 23.9. The largest absolute Gasteiger partial charge is 0.445 e. The summed E-state index contributed by atoms with van der Waals surface area (Å²) in [6.07, 6.45) is -13.8. The molecule has 29 heavy (non-hydrogen) atoms. The van der Waals surface area contributed by atoms with Crippen molar-refractivity contribution >= 4 is 6.09 Å². The third kappa shape index (κ3) is 5.40. The van der Waals surface area contributed by atoms with Crippen LogP contribution in [-0.2, 0) is 18.9 Å². The summed E-state index contributed by atoms with van der Waals surface area (Å²) in [5, 5.41) is 71.2. The number of ether oxygens (including phenoxy) is 4. The van der Waals surface area contributed by atoms with Gasteiger partial charge in [-0.3, -0.25) is 0 Å². The molecular formula is C16H27NO12. The minimum atomic E-state index is -1.77. The lowest BCUT2D eigenvalue weighted by Gasteiger charge is -2.46. The van der Waals surface area contributed by atoms with E-state index < -0.39 is 80.7 Å². The van der Waals surface area contributed by atoms with E-state index >= 15 is 0 Å². The van der Waals surface area contributed by atoms with Crippen LogP contribution < -0.4 is 5.32 Å². The van der Waals surface area contributed by atoms with Crippen molar-refractivity contribution in [1.82, 2.24) is 5.32 Å². The van der Waals surface area contributed by atoms with Crippen molar-refractivity contribution in [1.29, 1.82) is 0 Å². The Morgan fingerprint density at radius 3 is 2.21 bits per heavy atom. The third-order valence-corrected chi connectivity index (χ3v) is 4.63. The number of alkyl carbamates (subject to hydrolysis) is 1. The fourth-order valence-electron chi connectivity index (χ4n) is 3.05. The van der Waals surface area contributed by atoms with Gasteiger partial charge >= 0.3 is 6.09 Å². The van der Waals surface area contributed by atoms with Crippen molar-refractivity contribution in [2.24, 2.45) is 0 Å². The third-order valence-electron chi connectivity index (χ3n) is 4.63. The van der Waals surface area contributed by atoms with Gasteiger partial charge < -0.3 is 60.0 Å². The predicted molar refractivity (Wildman–Crippen MR) is 91.1 cm³/mol. The molecule has 13 nitrogen and oxygen atoms in total. The Balaban J connectivity index is 2.13. The van der Waals surface area contributed by atoms with Crippen LogP contribution >= 0.6 is 0 Å². The maximum absolute atomic E-state index is 11.7. The summed E-state index contributed by atoms with van der Waals surface area (Å²) in [5.41, 5.74) is 0. The average molecular weight is 425 g/mol. The van der Waals surface area contributed by atoms with E-state index in [2.05, 4.69) is 11.9 Å². The number of carbonyl (C=O) groups excluding carboxylic acids is 1. The minimum absolute atomic E-state index is 0.129. The molecule has 10 atom stereocenters. The molecule has 0 aromatic heterocycles. The molecule has 0 bridgehead atoms. The van der Waals surface area contributed by atoms with Crippen molar-refractivity contribution in [2.45, 2.75) is 61.3 Å². The monoisotopic (exact) mass is 425 g/mol. The first-order valence-electron chi connectivity index (χ1n) is 8.87. The zero-order valence-electron chi connectivity index (χ0n) is 15.4. The summed E-state index contributed by atoms with van der Waals surface area (Å²) in [6, 6.07) is -1.44. The molecule has 0 aromatic carbocycles. The average Bonchev–Trinajstić information content (AvgIpc) is 2.71. The van der Waals surface area contributed by atoms with Crippen molar-refractivity contribution in [2.75, 3.05) is 19.8 Å². The van der Waals surface area contributed by atoms with Crippen molar-refractivity contribution in [3.63, 3.8) is 0 Å². The van der Waals surface area contributed by atoms with Crippen LogP contribution in [0.15, 0.2) is 12.7 Å². The second-order valence-electron chi connectivity index (χ2n) is 6.59. The Kier molecular flexibility index (Phi) is 8.72. The number of rotatable bonds is 7. The Bertz CT molecular complexity index is 548. The van der Waals surface area contributed by atoms with Gasteiger partial charge in [-0.2, -0.15) is 0 Å². The van der Waals surface area contributed by atoms with Gasteiger partial charge in [0.25, 0.3) is 0 Å². The summed E-state index contributed by atoms with van der Waals surface area (Å²) in [6.45, 7) is 1.82. The van der Waals surface area contributed by atoms with E-state index in [1.165, 1.54) is 6.08 Å². The first-order chi connectivity index (χ1) is 13.7. The second kappa shape index (κ2) is 10.6.